The van der Waals surface area contributed by atoms with Gasteiger partial charge in [-0.3, -0.25) is 9.69 Å². The van der Waals surface area contributed by atoms with Crippen molar-refractivity contribution in [2.75, 3.05) is 4.90 Å². The summed E-state index contributed by atoms with van der Waals surface area (Å²) < 4.78 is 0. The van der Waals surface area contributed by atoms with E-state index in [2.05, 4.69) is 4.98 Å². The van der Waals surface area contributed by atoms with Gasteiger partial charge >= 0.3 is 0 Å². The van der Waals surface area contributed by atoms with E-state index in [1.54, 1.807) is 30.3 Å². The molecule has 17 heavy (non-hydrogen) atoms. The zero-order chi connectivity index (χ0) is 12.3. The van der Waals surface area contributed by atoms with E-state index in [1.807, 2.05) is 0 Å². The molecular weight excluding hydrogens is 240 g/mol. The first-order chi connectivity index (χ1) is 8.24. The van der Waals surface area contributed by atoms with Crippen molar-refractivity contribution < 1.29 is 9.90 Å². The molecule has 86 valence electrons. The lowest BCUT2D eigenvalue weighted by Crippen LogP contribution is -2.14. The predicted octanol–water partition coefficient (Wildman–Crippen LogP) is 2.74. The Morgan fingerprint density at radius 3 is 2.53 bits per heavy atom. The van der Waals surface area contributed by atoms with Crippen LogP contribution < -0.4 is 4.90 Å². The largest absolute Gasteiger partial charge is 0.506 e. The molecule has 2 rings (SSSR count). The third-order valence-electron chi connectivity index (χ3n) is 2.25. The molecule has 0 atom stereocenters. The van der Waals surface area contributed by atoms with Gasteiger partial charge in [0.05, 0.1) is 11.4 Å². The van der Waals surface area contributed by atoms with Gasteiger partial charge in [0.15, 0.2) is 5.15 Å². The molecule has 0 unspecified atom stereocenters. The van der Waals surface area contributed by atoms with Gasteiger partial charge in [-0.25, -0.2) is 4.98 Å². The summed E-state index contributed by atoms with van der Waals surface area (Å²) >= 11 is 5.91. The summed E-state index contributed by atoms with van der Waals surface area (Å²) in [7, 11) is 0. The van der Waals surface area contributed by atoms with Crippen molar-refractivity contribution >= 4 is 29.4 Å². The smallest absolute Gasteiger partial charge is 0.218 e. The van der Waals surface area contributed by atoms with Crippen LogP contribution in [0.4, 0.5) is 11.4 Å². The summed E-state index contributed by atoms with van der Waals surface area (Å²) in [5, 5.41) is 9.90. The number of nitrogens with zero attached hydrogens (tertiary/aromatic N) is 2. The van der Waals surface area contributed by atoms with Crippen molar-refractivity contribution in [1.29, 1.82) is 0 Å². The number of phenolic OH excluding ortho intramolecular Hbond substituents is 1. The van der Waals surface area contributed by atoms with E-state index < -0.39 is 0 Å². The third-order valence-corrected chi connectivity index (χ3v) is 2.54. The highest BCUT2D eigenvalue weighted by Crippen LogP contribution is 2.34. The third kappa shape index (κ3) is 2.21. The lowest BCUT2D eigenvalue weighted by molar-refractivity contribution is -0.106. The van der Waals surface area contributed by atoms with Crippen LogP contribution in [0.1, 0.15) is 0 Å². The molecule has 5 heteroatoms. The number of carbonyl (C=O) groups is 1. The molecule has 0 fully saturated rings. The molecule has 1 amide bonds. The molecule has 0 aliphatic rings. The van der Waals surface area contributed by atoms with Crippen LogP contribution in [0.2, 0.25) is 5.15 Å². The highest BCUT2D eigenvalue weighted by Gasteiger charge is 2.14. The Morgan fingerprint density at radius 2 is 1.88 bits per heavy atom. The molecule has 2 aromatic rings. The molecule has 1 heterocycles. The molecule has 1 aromatic carbocycles. The van der Waals surface area contributed by atoms with Crippen LogP contribution in [0, 0.1) is 0 Å². The molecule has 4 nitrogen and oxygen atoms in total. The number of para-hydroxylation sites is 2. The summed E-state index contributed by atoms with van der Waals surface area (Å²) in [6, 6.07) is 9.82. The Hall–Kier alpha value is -2.07. The number of benzene rings is 1. The number of aromatic nitrogens is 1. The fraction of sp³-hybridized carbons (Fsp3) is 0. The Kier molecular flexibility index (Phi) is 3.25. The Labute approximate surface area is 103 Å². The summed E-state index contributed by atoms with van der Waals surface area (Å²) in [6.45, 7) is 0. The number of hydrogen-bond acceptors (Lipinski definition) is 3. The number of halogens is 1. The van der Waals surface area contributed by atoms with Gasteiger partial charge in [0.2, 0.25) is 6.41 Å². The number of rotatable bonds is 3. The zero-order valence-corrected chi connectivity index (χ0v) is 9.50. The van der Waals surface area contributed by atoms with Gasteiger partial charge in [-0.2, -0.15) is 0 Å². The molecule has 1 N–H and O–H groups in total. The van der Waals surface area contributed by atoms with Crippen molar-refractivity contribution in [3.8, 4) is 5.75 Å². The molecule has 0 saturated heterocycles. The minimum absolute atomic E-state index is 0.000445. The molecule has 0 radical (unpaired) electrons. The Balaban J connectivity index is 2.52. The van der Waals surface area contributed by atoms with Crippen LogP contribution in [-0.4, -0.2) is 16.5 Å². The van der Waals surface area contributed by atoms with E-state index in [1.165, 1.54) is 17.2 Å². The Bertz CT molecular complexity index is 500. The number of aromatic hydroxyl groups is 1. The number of hydrogen-bond donors (Lipinski definition) is 1. The standard InChI is InChI=1S/C12H9ClN2O2/c13-12-10(5-3-7-14-12)15(8-16)9-4-1-2-6-11(9)17/h1-8,17H. The van der Waals surface area contributed by atoms with E-state index in [4.69, 9.17) is 11.6 Å². The maximum absolute atomic E-state index is 11.1. The van der Waals surface area contributed by atoms with Gasteiger partial charge in [0.25, 0.3) is 0 Å². The van der Waals surface area contributed by atoms with Crippen molar-refractivity contribution in [3.63, 3.8) is 0 Å². The van der Waals surface area contributed by atoms with Gasteiger partial charge in [-0.1, -0.05) is 23.7 Å². The summed E-state index contributed by atoms with van der Waals surface area (Å²) in [6.07, 6.45) is 2.11. The minimum atomic E-state index is -0.000445. The van der Waals surface area contributed by atoms with Gasteiger partial charge in [-0.15, -0.1) is 0 Å². The van der Waals surface area contributed by atoms with E-state index in [-0.39, 0.29) is 10.9 Å². The molecule has 1 aromatic heterocycles. The van der Waals surface area contributed by atoms with Crippen molar-refractivity contribution in [3.05, 3.63) is 47.7 Å². The highest BCUT2D eigenvalue weighted by molar-refractivity contribution is 6.32. The lowest BCUT2D eigenvalue weighted by atomic mass is 10.2. The van der Waals surface area contributed by atoms with E-state index in [0.29, 0.717) is 17.8 Å². The average molecular weight is 249 g/mol. The average Bonchev–Trinajstić information content (AvgIpc) is 2.34. The van der Waals surface area contributed by atoms with E-state index in [9.17, 15) is 9.90 Å². The van der Waals surface area contributed by atoms with Crippen molar-refractivity contribution in [2.24, 2.45) is 0 Å². The maximum Gasteiger partial charge on any atom is 0.218 e. The zero-order valence-electron chi connectivity index (χ0n) is 8.75. The van der Waals surface area contributed by atoms with Crippen LogP contribution in [0.15, 0.2) is 42.6 Å². The minimum Gasteiger partial charge on any atom is -0.506 e. The topological polar surface area (TPSA) is 53.4 Å². The quantitative estimate of drug-likeness (QED) is 0.671. The first kappa shape index (κ1) is 11.4. The van der Waals surface area contributed by atoms with Gasteiger partial charge in [0.1, 0.15) is 5.75 Å². The van der Waals surface area contributed by atoms with Crippen molar-refractivity contribution in [1.82, 2.24) is 4.98 Å². The number of pyridine rings is 1. The number of carbonyl (C=O) groups excluding carboxylic acids is 1. The molecule has 0 saturated carbocycles. The second kappa shape index (κ2) is 4.84. The second-order valence-corrected chi connectivity index (χ2v) is 3.64. The van der Waals surface area contributed by atoms with Gasteiger partial charge in [-0.05, 0) is 24.3 Å². The monoisotopic (exact) mass is 248 g/mol. The van der Waals surface area contributed by atoms with E-state index >= 15 is 0 Å². The Morgan fingerprint density at radius 1 is 1.18 bits per heavy atom. The van der Waals surface area contributed by atoms with Crippen molar-refractivity contribution in [2.45, 2.75) is 0 Å². The molecule has 0 aliphatic heterocycles. The fourth-order valence-corrected chi connectivity index (χ4v) is 1.68. The van der Waals surface area contributed by atoms with Gasteiger partial charge < -0.3 is 5.11 Å². The van der Waals surface area contributed by atoms with Gasteiger partial charge in [0, 0.05) is 6.20 Å². The summed E-state index contributed by atoms with van der Waals surface area (Å²) in [5.41, 5.74) is 0.781. The van der Waals surface area contributed by atoms with Crippen LogP contribution in [-0.2, 0) is 4.79 Å². The first-order valence-corrected chi connectivity index (χ1v) is 5.25. The SMILES string of the molecule is O=CN(c1ccccc1O)c1cccnc1Cl. The van der Waals surface area contributed by atoms with Crippen LogP contribution in [0.3, 0.4) is 0 Å². The molecule has 0 bridgehead atoms. The fourth-order valence-electron chi connectivity index (χ4n) is 1.47. The maximum atomic E-state index is 11.1. The predicted molar refractivity (Wildman–Crippen MR) is 65.6 cm³/mol. The van der Waals surface area contributed by atoms with Crippen LogP contribution >= 0.6 is 11.6 Å². The highest BCUT2D eigenvalue weighted by atomic mass is 35.5. The molecule has 0 spiro atoms. The van der Waals surface area contributed by atoms with Crippen LogP contribution in [0.5, 0.6) is 5.75 Å². The first-order valence-electron chi connectivity index (χ1n) is 4.87. The number of phenols is 1. The molecular formula is C12H9ClN2O2. The number of anilines is 2. The number of amides is 1. The summed E-state index contributed by atoms with van der Waals surface area (Å²) in [4.78, 5) is 16.3. The molecule has 0 aliphatic carbocycles. The summed E-state index contributed by atoms with van der Waals surface area (Å²) in [5.74, 6) is -0.000445. The lowest BCUT2D eigenvalue weighted by Gasteiger charge is -2.18. The van der Waals surface area contributed by atoms with Crippen LogP contribution in [0.25, 0.3) is 0 Å². The second-order valence-electron chi connectivity index (χ2n) is 3.28. The van der Waals surface area contributed by atoms with E-state index in [0.717, 1.165) is 0 Å². The normalized spacial score (nSPS) is 9.94.